The van der Waals surface area contributed by atoms with Gasteiger partial charge in [0, 0.05) is 44.2 Å². The number of thioether (sulfide) groups is 1. The van der Waals surface area contributed by atoms with Gasteiger partial charge in [-0.25, -0.2) is 4.98 Å². The fourth-order valence-corrected chi connectivity index (χ4v) is 4.59. The van der Waals surface area contributed by atoms with E-state index >= 15 is 0 Å². The number of aryl methyl sites for hydroxylation is 2. The Kier molecular flexibility index (Phi) is 6.24. The summed E-state index contributed by atoms with van der Waals surface area (Å²) in [6.07, 6.45) is 1.82. The van der Waals surface area contributed by atoms with Crippen LogP contribution in [-0.4, -0.2) is 52.1 Å². The highest BCUT2D eigenvalue weighted by atomic mass is 35.5. The van der Waals surface area contributed by atoms with Crippen LogP contribution < -0.4 is 4.90 Å². The van der Waals surface area contributed by atoms with E-state index in [1.54, 1.807) is 6.92 Å². The van der Waals surface area contributed by atoms with Crippen molar-refractivity contribution in [3.05, 3.63) is 64.4 Å². The van der Waals surface area contributed by atoms with Gasteiger partial charge in [-0.05, 0) is 30.7 Å². The molecule has 3 aromatic rings. The zero-order valence-corrected chi connectivity index (χ0v) is 18.4. The van der Waals surface area contributed by atoms with Crippen molar-refractivity contribution < 1.29 is 9.32 Å². The molecule has 4 rings (SSSR count). The number of amides is 1. The molecule has 0 saturated carbocycles. The number of carbonyl (C=O) groups excluding carboxylic acids is 1. The highest BCUT2D eigenvalue weighted by molar-refractivity contribution is 7.98. The highest BCUT2D eigenvalue weighted by Gasteiger charge is 2.25. The highest BCUT2D eigenvalue weighted by Crippen LogP contribution is 2.28. The van der Waals surface area contributed by atoms with Crippen molar-refractivity contribution in [2.24, 2.45) is 0 Å². The number of rotatable bonds is 5. The molecule has 0 aliphatic carbocycles. The molecule has 1 aliphatic heterocycles. The van der Waals surface area contributed by atoms with E-state index in [1.807, 2.05) is 48.4 Å². The second kappa shape index (κ2) is 9.06. The van der Waals surface area contributed by atoms with Crippen molar-refractivity contribution in [3.8, 4) is 0 Å². The Hall–Kier alpha value is -2.58. The largest absolute Gasteiger partial charge is 0.352 e. The fraction of sp³-hybridized carbons (Fsp3) is 0.333. The first-order valence-corrected chi connectivity index (χ1v) is 11.0. The van der Waals surface area contributed by atoms with Crippen molar-refractivity contribution >= 4 is 35.1 Å². The van der Waals surface area contributed by atoms with Crippen LogP contribution in [0.1, 0.15) is 27.6 Å². The average molecular weight is 444 g/mol. The molecule has 2 aromatic heterocycles. The maximum Gasteiger partial charge on any atom is 0.255 e. The molecule has 1 amide bonds. The predicted molar refractivity (Wildman–Crippen MR) is 117 cm³/mol. The molecular formula is C21H22ClN5O2S. The number of nitrogens with zero attached hydrogens (tertiary/aromatic N) is 5. The Bertz CT molecular complexity index is 1050. The summed E-state index contributed by atoms with van der Waals surface area (Å²) < 4.78 is 5.02. The van der Waals surface area contributed by atoms with Gasteiger partial charge in [0.05, 0.1) is 16.3 Å². The smallest absolute Gasteiger partial charge is 0.255 e. The molecule has 9 heteroatoms. The third-order valence-electron chi connectivity index (χ3n) is 4.87. The van der Waals surface area contributed by atoms with E-state index in [1.165, 1.54) is 11.8 Å². The summed E-state index contributed by atoms with van der Waals surface area (Å²) in [5.41, 5.74) is 1.73. The van der Waals surface area contributed by atoms with Gasteiger partial charge in [0.15, 0.2) is 5.82 Å². The normalized spacial score (nSPS) is 14.2. The molecule has 156 valence electrons. The van der Waals surface area contributed by atoms with Gasteiger partial charge in [-0.1, -0.05) is 28.9 Å². The minimum Gasteiger partial charge on any atom is -0.352 e. The van der Waals surface area contributed by atoms with E-state index in [-0.39, 0.29) is 5.91 Å². The molecular weight excluding hydrogens is 422 g/mol. The summed E-state index contributed by atoms with van der Waals surface area (Å²) in [6.45, 7) is 6.35. The van der Waals surface area contributed by atoms with Crippen LogP contribution in [-0.2, 0) is 5.75 Å². The zero-order chi connectivity index (χ0) is 21.1. The van der Waals surface area contributed by atoms with Crippen LogP contribution in [0, 0.1) is 13.8 Å². The summed E-state index contributed by atoms with van der Waals surface area (Å²) in [5, 5.41) is 4.57. The molecule has 1 saturated heterocycles. The molecule has 0 unspecified atom stereocenters. The van der Waals surface area contributed by atoms with E-state index in [0.29, 0.717) is 54.2 Å². The van der Waals surface area contributed by atoms with Gasteiger partial charge in [0.1, 0.15) is 5.82 Å². The molecule has 0 radical (unpaired) electrons. The number of hydrogen-bond donors (Lipinski definition) is 0. The van der Waals surface area contributed by atoms with Gasteiger partial charge < -0.3 is 14.3 Å². The van der Waals surface area contributed by atoms with E-state index in [4.69, 9.17) is 16.1 Å². The molecule has 1 fully saturated rings. The van der Waals surface area contributed by atoms with Crippen LogP contribution in [0.15, 0.2) is 45.9 Å². The molecule has 0 N–H and O–H groups in total. The van der Waals surface area contributed by atoms with Gasteiger partial charge in [-0.15, -0.1) is 11.8 Å². The summed E-state index contributed by atoms with van der Waals surface area (Å²) in [4.78, 5) is 26.8. The molecule has 1 aromatic carbocycles. The quantitative estimate of drug-likeness (QED) is 0.552. The predicted octanol–water partition coefficient (Wildman–Crippen LogP) is 3.99. The summed E-state index contributed by atoms with van der Waals surface area (Å²) in [7, 11) is 0. The first kappa shape index (κ1) is 20.7. The molecule has 7 nitrogen and oxygen atoms in total. The van der Waals surface area contributed by atoms with Crippen molar-refractivity contribution in [2.75, 3.05) is 31.1 Å². The Morgan fingerprint density at radius 1 is 1.20 bits per heavy atom. The monoisotopic (exact) mass is 443 g/mol. The molecule has 0 spiro atoms. The Morgan fingerprint density at radius 2 is 1.97 bits per heavy atom. The van der Waals surface area contributed by atoms with Crippen molar-refractivity contribution in [3.63, 3.8) is 0 Å². The van der Waals surface area contributed by atoms with E-state index < -0.39 is 0 Å². The molecule has 0 bridgehead atoms. The standard InChI is InChI=1S/C21H22ClN5O2S/c1-14-11-17(22)20(23-12-14)26-7-9-27(10-8-26)21(28)16-5-3-4-6-18(16)30-13-19-24-15(2)29-25-19/h3-6,11-12H,7-10,13H2,1-2H3. The van der Waals surface area contributed by atoms with Crippen LogP contribution in [0.3, 0.4) is 0 Å². The fourth-order valence-electron chi connectivity index (χ4n) is 3.36. The third-order valence-corrected chi connectivity index (χ3v) is 6.22. The molecule has 3 heterocycles. The molecule has 0 atom stereocenters. The lowest BCUT2D eigenvalue weighted by molar-refractivity contribution is 0.0743. The number of pyridine rings is 1. The maximum absolute atomic E-state index is 13.2. The number of halogens is 1. The zero-order valence-electron chi connectivity index (χ0n) is 16.8. The van der Waals surface area contributed by atoms with Crippen molar-refractivity contribution in [2.45, 2.75) is 24.5 Å². The second-order valence-electron chi connectivity index (χ2n) is 7.11. The summed E-state index contributed by atoms with van der Waals surface area (Å²) in [5.74, 6) is 2.52. The number of carbonyl (C=O) groups is 1. The van der Waals surface area contributed by atoms with Crippen LogP contribution in [0.25, 0.3) is 0 Å². The van der Waals surface area contributed by atoms with E-state index in [2.05, 4.69) is 20.0 Å². The first-order valence-electron chi connectivity index (χ1n) is 9.68. The first-order chi connectivity index (χ1) is 14.5. The van der Waals surface area contributed by atoms with Gasteiger partial charge >= 0.3 is 0 Å². The number of anilines is 1. The van der Waals surface area contributed by atoms with Gasteiger partial charge in [0.25, 0.3) is 5.91 Å². The SMILES string of the molecule is Cc1cnc(N2CCN(C(=O)c3ccccc3SCc3noc(C)n3)CC2)c(Cl)c1. The number of aromatic nitrogens is 3. The molecule has 30 heavy (non-hydrogen) atoms. The lowest BCUT2D eigenvalue weighted by Crippen LogP contribution is -2.49. The van der Waals surface area contributed by atoms with Crippen molar-refractivity contribution in [1.82, 2.24) is 20.0 Å². The summed E-state index contributed by atoms with van der Waals surface area (Å²) in [6, 6.07) is 9.57. The number of piperazine rings is 1. The van der Waals surface area contributed by atoms with Crippen molar-refractivity contribution in [1.29, 1.82) is 0 Å². The van der Waals surface area contributed by atoms with Crippen LogP contribution in [0.4, 0.5) is 5.82 Å². The van der Waals surface area contributed by atoms with E-state index in [0.717, 1.165) is 16.3 Å². The Morgan fingerprint density at radius 3 is 2.67 bits per heavy atom. The minimum absolute atomic E-state index is 0.0324. The second-order valence-corrected chi connectivity index (χ2v) is 8.54. The maximum atomic E-state index is 13.2. The third kappa shape index (κ3) is 4.60. The average Bonchev–Trinajstić information content (AvgIpc) is 3.17. The summed E-state index contributed by atoms with van der Waals surface area (Å²) >= 11 is 7.90. The molecule has 1 aliphatic rings. The van der Waals surface area contributed by atoms with Crippen LogP contribution >= 0.6 is 23.4 Å². The lowest BCUT2D eigenvalue weighted by atomic mass is 10.1. The topological polar surface area (TPSA) is 75.4 Å². The van der Waals surface area contributed by atoms with Gasteiger partial charge in [-0.2, -0.15) is 4.98 Å². The van der Waals surface area contributed by atoms with Crippen LogP contribution in [0.2, 0.25) is 5.02 Å². The van der Waals surface area contributed by atoms with E-state index in [9.17, 15) is 4.79 Å². The number of hydrogen-bond acceptors (Lipinski definition) is 7. The lowest BCUT2D eigenvalue weighted by Gasteiger charge is -2.36. The van der Waals surface area contributed by atoms with Gasteiger partial charge in [-0.3, -0.25) is 4.79 Å². The van der Waals surface area contributed by atoms with Crippen LogP contribution in [0.5, 0.6) is 0 Å². The van der Waals surface area contributed by atoms with Gasteiger partial charge in [0.2, 0.25) is 5.89 Å². The Balaban J connectivity index is 1.41. The minimum atomic E-state index is 0.0324. The number of benzene rings is 1. The Labute approximate surface area is 184 Å².